The molecule has 1 atom stereocenters. The van der Waals surface area contributed by atoms with E-state index in [1.807, 2.05) is 11.3 Å². The zero-order chi connectivity index (χ0) is 11.8. The highest BCUT2D eigenvalue weighted by Crippen LogP contribution is 2.50. The first-order chi connectivity index (χ1) is 7.59. The lowest BCUT2D eigenvalue weighted by atomic mass is 9.76. The third-order valence-corrected chi connectivity index (χ3v) is 6.37. The van der Waals surface area contributed by atoms with E-state index in [9.17, 15) is 0 Å². The van der Waals surface area contributed by atoms with Gasteiger partial charge in [-0.05, 0) is 53.6 Å². The van der Waals surface area contributed by atoms with Crippen LogP contribution in [0.25, 0.3) is 0 Å². The summed E-state index contributed by atoms with van der Waals surface area (Å²) in [6.45, 7) is 4.44. The molecule has 1 aromatic heterocycles. The number of halogens is 1. The van der Waals surface area contributed by atoms with E-state index >= 15 is 0 Å². The van der Waals surface area contributed by atoms with E-state index in [1.165, 1.54) is 46.3 Å². The molecule has 1 nitrogen and oxygen atoms in total. The standard InChI is InChI=1S/C13H20BrNS/c1-3-13(6-4-5-7-13)12(15)11-8-10(14)9(2)16-11/h8,12H,3-7,15H2,1-2H3. The molecule has 90 valence electrons. The van der Waals surface area contributed by atoms with Crippen LogP contribution < -0.4 is 5.73 Å². The lowest BCUT2D eigenvalue weighted by Gasteiger charge is -2.33. The van der Waals surface area contributed by atoms with Crippen molar-refractivity contribution in [2.75, 3.05) is 0 Å². The molecule has 2 rings (SSSR count). The second kappa shape index (κ2) is 4.79. The summed E-state index contributed by atoms with van der Waals surface area (Å²) in [6, 6.07) is 2.45. The molecule has 16 heavy (non-hydrogen) atoms. The average Bonchev–Trinajstić information content (AvgIpc) is 2.87. The maximum atomic E-state index is 6.52. The van der Waals surface area contributed by atoms with Crippen molar-refractivity contribution in [3.05, 3.63) is 20.3 Å². The Morgan fingerprint density at radius 3 is 2.56 bits per heavy atom. The number of rotatable bonds is 3. The second-order valence-corrected chi connectivity index (χ2v) is 7.10. The molecule has 1 fully saturated rings. The van der Waals surface area contributed by atoms with Crippen LogP contribution in [0, 0.1) is 12.3 Å². The Morgan fingerprint density at radius 1 is 1.50 bits per heavy atom. The zero-order valence-corrected chi connectivity index (χ0v) is 12.5. The summed E-state index contributed by atoms with van der Waals surface area (Å²) in [4.78, 5) is 2.70. The predicted octanol–water partition coefficient (Wildman–Crippen LogP) is 4.79. The van der Waals surface area contributed by atoms with Crippen LogP contribution in [0.1, 0.15) is 54.8 Å². The van der Waals surface area contributed by atoms with Crippen LogP contribution in [0.4, 0.5) is 0 Å². The van der Waals surface area contributed by atoms with Crippen LogP contribution in [-0.2, 0) is 0 Å². The molecule has 1 aliphatic carbocycles. The monoisotopic (exact) mass is 301 g/mol. The minimum Gasteiger partial charge on any atom is -0.323 e. The molecule has 0 aromatic carbocycles. The minimum absolute atomic E-state index is 0.231. The van der Waals surface area contributed by atoms with Crippen molar-refractivity contribution in [1.82, 2.24) is 0 Å². The Bertz CT molecular complexity index is 347. The number of nitrogens with two attached hydrogens (primary N) is 1. The number of aryl methyl sites for hydroxylation is 1. The molecule has 0 spiro atoms. The lowest BCUT2D eigenvalue weighted by molar-refractivity contribution is 0.225. The number of hydrogen-bond acceptors (Lipinski definition) is 2. The zero-order valence-electron chi connectivity index (χ0n) is 10.1. The lowest BCUT2D eigenvalue weighted by Crippen LogP contribution is -2.31. The van der Waals surface area contributed by atoms with E-state index in [1.54, 1.807) is 0 Å². The highest BCUT2D eigenvalue weighted by atomic mass is 79.9. The number of hydrogen-bond donors (Lipinski definition) is 1. The van der Waals surface area contributed by atoms with Gasteiger partial charge in [0, 0.05) is 20.3 Å². The Balaban J connectivity index is 2.26. The fourth-order valence-electron chi connectivity index (χ4n) is 2.90. The topological polar surface area (TPSA) is 26.0 Å². The van der Waals surface area contributed by atoms with Gasteiger partial charge in [0.05, 0.1) is 0 Å². The maximum Gasteiger partial charge on any atom is 0.0447 e. The van der Waals surface area contributed by atoms with Gasteiger partial charge in [-0.2, -0.15) is 0 Å². The van der Waals surface area contributed by atoms with E-state index in [0.29, 0.717) is 5.41 Å². The summed E-state index contributed by atoms with van der Waals surface area (Å²) in [5, 5.41) is 0. The van der Waals surface area contributed by atoms with Gasteiger partial charge in [0.2, 0.25) is 0 Å². The molecule has 1 aliphatic rings. The summed E-state index contributed by atoms with van der Waals surface area (Å²) in [5.41, 5.74) is 6.89. The van der Waals surface area contributed by atoms with Crippen LogP contribution in [0.15, 0.2) is 10.5 Å². The molecule has 1 aromatic rings. The summed E-state index contributed by atoms with van der Waals surface area (Å²) in [7, 11) is 0. The van der Waals surface area contributed by atoms with E-state index in [4.69, 9.17) is 5.73 Å². The van der Waals surface area contributed by atoms with E-state index in [-0.39, 0.29) is 6.04 Å². The first-order valence-corrected chi connectivity index (χ1v) is 7.71. The SMILES string of the molecule is CCC1(C(N)c2cc(Br)c(C)s2)CCCC1. The van der Waals surface area contributed by atoms with Gasteiger partial charge < -0.3 is 5.73 Å². The Morgan fingerprint density at radius 2 is 2.12 bits per heavy atom. The van der Waals surface area contributed by atoms with E-state index in [0.717, 1.165) is 0 Å². The third-order valence-electron chi connectivity index (χ3n) is 4.15. The summed E-state index contributed by atoms with van der Waals surface area (Å²) in [6.07, 6.45) is 6.53. The third kappa shape index (κ3) is 2.09. The smallest absolute Gasteiger partial charge is 0.0447 e. The van der Waals surface area contributed by atoms with Gasteiger partial charge in [0.15, 0.2) is 0 Å². The van der Waals surface area contributed by atoms with Crippen molar-refractivity contribution in [3.8, 4) is 0 Å². The van der Waals surface area contributed by atoms with Crippen molar-refractivity contribution in [1.29, 1.82) is 0 Å². The molecule has 0 aliphatic heterocycles. The molecule has 0 amide bonds. The van der Waals surface area contributed by atoms with Crippen molar-refractivity contribution in [2.24, 2.45) is 11.1 Å². The van der Waals surface area contributed by atoms with Crippen LogP contribution in [0.5, 0.6) is 0 Å². The van der Waals surface area contributed by atoms with Crippen LogP contribution in [-0.4, -0.2) is 0 Å². The Labute approximate surface area is 111 Å². The predicted molar refractivity (Wildman–Crippen MR) is 74.9 cm³/mol. The molecule has 0 radical (unpaired) electrons. The quantitative estimate of drug-likeness (QED) is 0.853. The first kappa shape index (κ1) is 12.6. The van der Waals surface area contributed by atoms with Gasteiger partial charge in [-0.3, -0.25) is 0 Å². The highest BCUT2D eigenvalue weighted by molar-refractivity contribution is 9.10. The van der Waals surface area contributed by atoms with Gasteiger partial charge in [0.25, 0.3) is 0 Å². The van der Waals surface area contributed by atoms with Gasteiger partial charge in [-0.15, -0.1) is 11.3 Å². The normalized spacial score (nSPS) is 21.2. The molecular weight excluding hydrogens is 282 g/mol. The summed E-state index contributed by atoms with van der Waals surface area (Å²) < 4.78 is 1.22. The van der Waals surface area contributed by atoms with Crippen molar-refractivity contribution in [2.45, 2.75) is 52.0 Å². The molecule has 1 heterocycles. The molecule has 2 N–H and O–H groups in total. The van der Waals surface area contributed by atoms with Crippen molar-refractivity contribution < 1.29 is 0 Å². The minimum atomic E-state index is 0.231. The fraction of sp³-hybridized carbons (Fsp3) is 0.692. The molecule has 0 bridgehead atoms. The van der Waals surface area contributed by atoms with Gasteiger partial charge in [-0.25, -0.2) is 0 Å². The van der Waals surface area contributed by atoms with Crippen LogP contribution in [0.2, 0.25) is 0 Å². The number of thiophene rings is 1. The van der Waals surface area contributed by atoms with Crippen LogP contribution >= 0.6 is 27.3 Å². The average molecular weight is 302 g/mol. The largest absolute Gasteiger partial charge is 0.323 e. The van der Waals surface area contributed by atoms with Gasteiger partial charge in [-0.1, -0.05) is 19.8 Å². The van der Waals surface area contributed by atoms with Gasteiger partial charge in [0.1, 0.15) is 0 Å². The van der Waals surface area contributed by atoms with Crippen molar-refractivity contribution >= 4 is 27.3 Å². The molecule has 0 saturated heterocycles. The molecular formula is C13H20BrNS. The first-order valence-electron chi connectivity index (χ1n) is 6.10. The maximum absolute atomic E-state index is 6.52. The molecule has 1 saturated carbocycles. The van der Waals surface area contributed by atoms with Crippen molar-refractivity contribution in [3.63, 3.8) is 0 Å². The highest BCUT2D eigenvalue weighted by Gasteiger charge is 2.39. The Kier molecular flexibility index (Phi) is 3.77. The van der Waals surface area contributed by atoms with Crippen LogP contribution in [0.3, 0.4) is 0 Å². The summed E-state index contributed by atoms with van der Waals surface area (Å²) in [5.74, 6) is 0. The molecule has 3 heteroatoms. The van der Waals surface area contributed by atoms with Gasteiger partial charge >= 0.3 is 0 Å². The second-order valence-electron chi connectivity index (χ2n) is 4.95. The molecule has 1 unspecified atom stereocenters. The summed E-state index contributed by atoms with van der Waals surface area (Å²) >= 11 is 5.44. The van der Waals surface area contributed by atoms with E-state index < -0.39 is 0 Å². The van der Waals surface area contributed by atoms with E-state index in [2.05, 4.69) is 35.8 Å². The fourth-order valence-corrected chi connectivity index (χ4v) is 4.60. The Hall–Kier alpha value is 0.140.